The topological polar surface area (TPSA) is 72.5 Å². The molecule has 0 aromatic heterocycles. The number of benzene rings is 1. The van der Waals surface area contributed by atoms with Crippen molar-refractivity contribution >= 4 is 25.6 Å². The highest BCUT2D eigenvalue weighted by molar-refractivity contribution is 8.13. The number of hydrogen-bond donors (Lipinski definition) is 1. The maximum absolute atomic E-state index is 11.4. The molecule has 0 heterocycles. The molecule has 0 bridgehead atoms. The fourth-order valence-electron chi connectivity index (χ4n) is 1.73. The van der Waals surface area contributed by atoms with Gasteiger partial charge in [0, 0.05) is 24.2 Å². The van der Waals surface area contributed by atoms with Gasteiger partial charge in [0.05, 0.1) is 11.5 Å². The van der Waals surface area contributed by atoms with E-state index in [0.717, 1.165) is 5.56 Å². The maximum Gasteiger partial charge on any atom is 0.261 e. The van der Waals surface area contributed by atoms with Crippen LogP contribution in [0.5, 0.6) is 5.75 Å². The largest absolute Gasteiger partial charge is 0.493 e. The number of carbonyl (C=O) groups excluding carboxylic acids is 1. The van der Waals surface area contributed by atoms with E-state index in [-0.39, 0.29) is 10.8 Å². The minimum Gasteiger partial charge on any atom is -0.493 e. The first-order valence-corrected chi connectivity index (χ1v) is 8.46. The van der Waals surface area contributed by atoms with Crippen molar-refractivity contribution in [3.8, 4) is 5.75 Å². The first kappa shape index (κ1) is 16.8. The van der Waals surface area contributed by atoms with Crippen LogP contribution in [0.2, 0.25) is 0 Å². The molecule has 0 aliphatic heterocycles. The van der Waals surface area contributed by atoms with E-state index in [4.69, 9.17) is 15.4 Å². The Kier molecular flexibility index (Phi) is 5.83. The van der Waals surface area contributed by atoms with Crippen LogP contribution in [0.1, 0.15) is 24.0 Å². The molecule has 0 aliphatic rings. The van der Waals surface area contributed by atoms with E-state index < -0.39 is 9.05 Å². The predicted molar refractivity (Wildman–Crippen MR) is 77.8 cm³/mol. The number of halogens is 1. The molecule has 1 N–H and O–H groups in total. The Bertz CT molecular complexity index is 599. The summed E-state index contributed by atoms with van der Waals surface area (Å²) in [7, 11) is 3.19. The SMILES string of the molecule is CNC(=O)CCCOc1ccc(S(=O)(=O)Cl)c(C)c1C. The van der Waals surface area contributed by atoms with Crippen LogP contribution >= 0.6 is 10.7 Å². The Labute approximate surface area is 123 Å². The van der Waals surface area contributed by atoms with Crippen LogP contribution in [0.15, 0.2) is 17.0 Å². The molecular formula is C13H18ClNO4S. The van der Waals surface area contributed by atoms with Gasteiger partial charge in [-0.2, -0.15) is 0 Å². The van der Waals surface area contributed by atoms with Crippen LogP contribution in [0.3, 0.4) is 0 Å². The monoisotopic (exact) mass is 319 g/mol. The number of nitrogens with one attached hydrogen (secondary N) is 1. The third-order valence-electron chi connectivity index (χ3n) is 3.04. The Morgan fingerprint density at radius 1 is 1.30 bits per heavy atom. The third-order valence-corrected chi connectivity index (χ3v) is 4.50. The summed E-state index contributed by atoms with van der Waals surface area (Å²) in [4.78, 5) is 11.1. The minimum absolute atomic E-state index is 0.0370. The van der Waals surface area contributed by atoms with Crippen molar-refractivity contribution in [1.29, 1.82) is 0 Å². The Hall–Kier alpha value is -1.27. The predicted octanol–water partition coefficient (Wildman–Crippen LogP) is 2.14. The first-order chi connectivity index (χ1) is 9.27. The van der Waals surface area contributed by atoms with Crippen molar-refractivity contribution in [3.63, 3.8) is 0 Å². The number of hydrogen-bond acceptors (Lipinski definition) is 4. The molecular weight excluding hydrogens is 302 g/mol. The molecule has 0 spiro atoms. The molecule has 7 heteroatoms. The van der Waals surface area contributed by atoms with Crippen molar-refractivity contribution < 1.29 is 17.9 Å². The van der Waals surface area contributed by atoms with Crippen molar-refractivity contribution in [2.75, 3.05) is 13.7 Å². The normalized spacial score (nSPS) is 11.2. The smallest absolute Gasteiger partial charge is 0.261 e. The second-order valence-electron chi connectivity index (χ2n) is 4.37. The average Bonchev–Trinajstić information content (AvgIpc) is 2.37. The minimum atomic E-state index is -3.75. The Morgan fingerprint density at radius 2 is 1.95 bits per heavy atom. The number of carbonyl (C=O) groups is 1. The van der Waals surface area contributed by atoms with Gasteiger partial charge in [0.25, 0.3) is 9.05 Å². The molecule has 112 valence electrons. The second kappa shape index (κ2) is 6.95. The van der Waals surface area contributed by atoms with Crippen LogP contribution in [-0.2, 0) is 13.8 Å². The molecule has 1 aromatic carbocycles. The summed E-state index contributed by atoms with van der Waals surface area (Å²) < 4.78 is 28.3. The van der Waals surface area contributed by atoms with E-state index in [1.54, 1.807) is 27.0 Å². The molecule has 20 heavy (non-hydrogen) atoms. The van der Waals surface area contributed by atoms with Crippen LogP contribution in [0, 0.1) is 13.8 Å². The molecule has 0 saturated carbocycles. The van der Waals surface area contributed by atoms with E-state index in [9.17, 15) is 13.2 Å². The molecule has 1 amide bonds. The lowest BCUT2D eigenvalue weighted by Gasteiger charge is -2.13. The van der Waals surface area contributed by atoms with Gasteiger partial charge < -0.3 is 10.1 Å². The highest BCUT2D eigenvalue weighted by Gasteiger charge is 2.16. The summed E-state index contributed by atoms with van der Waals surface area (Å²) in [6.07, 6.45) is 0.983. The van der Waals surface area contributed by atoms with Gasteiger partial charge in [-0.15, -0.1) is 0 Å². The van der Waals surface area contributed by atoms with Crippen molar-refractivity contribution in [2.45, 2.75) is 31.6 Å². The highest BCUT2D eigenvalue weighted by Crippen LogP contribution is 2.29. The van der Waals surface area contributed by atoms with E-state index >= 15 is 0 Å². The summed E-state index contributed by atoms with van der Waals surface area (Å²) in [6.45, 7) is 3.84. The van der Waals surface area contributed by atoms with E-state index in [2.05, 4.69) is 5.32 Å². The summed E-state index contributed by atoms with van der Waals surface area (Å²) in [6, 6.07) is 3.01. The molecule has 0 aliphatic carbocycles. The van der Waals surface area contributed by atoms with Crippen LogP contribution < -0.4 is 10.1 Å². The Morgan fingerprint density at radius 3 is 2.50 bits per heavy atom. The summed E-state index contributed by atoms with van der Waals surface area (Å²) in [5.41, 5.74) is 1.30. The van der Waals surface area contributed by atoms with Crippen LogP contribution in [0.4, 0.5) is 0 Å². The maximum atomic E-state index is 11.4. The molecule has 5 nitrogen and oxygen atoms in total. The summed E-state index contributed by atoms with van der Waals surface area (Å²) in [5, 5.41) is 2.53. The quantitative estimate of drug-likeness (QED) is 0.644. The van der Waals surface area contributed by atoms with Crippen molar-refractivity contribution in [2.24, 2.45) is 0 Å². The number of rotatable bonds is 6. The summed E-state index contributed by atoms with van der Waals surface area (Å²) >= 11 is 0. The zero-order valence-corrected chi connectivity index (χ0v) is 13.3. The van der Waals surface area contributed by atoms with Gasteiger partial charge in [0.1, 0.15) is 5.75 Å². The van der Waals surface area contributed by atoms with Crippen molar-refractivity contribution in [3.05, 3.63) is 23.3 Å². The lowest BCUT2D eigenvalue weighted by Crippen LogP contribution is -2.18. The molecule has 1 aromatic rings. The van der Waals surface area contributed by atoms with Crippen molar-refractivity contribution in [1.82, 2.24) is 5.32 Å². The molecule has 0 radical (unpaired) electrons. The average molecular weight is 320 g/mol. The van der Waals surface area contributed by atoms with Crippen LogP contribution in [-0.4, -0.2) is 28.0 Å². The number of amides is 1. The lowest BCUT2D eigenvalue weighted by atomic mass is 10.1. The van der Waals surface area contributed by atoms with E-state index in [1.807, 2.05) is 0 Å². The fourth-order valence-corrected chi connectivity index (χ4v) is 2.98. The molecule has 1 rings (SSSR count). The summed E-state index contributed by atoms with van der Waals surface area (Å²) in [5.74, 6) is 0.563. The lowest BCUT2D eigenvalue weighted by molar-refractivity contribution is -0.120. The third kappa shape index (κ3) is 4.38. The number of ether oxygens (including phenoxy) is 1. The van der Waals surface area contributed by atoms with Gasteiger partial charge in [0.2, 0.25) is 5.91 Å². The fraction of sp³-hybridized carbons (Fsp3) is 0.462. The van der Waals surface area contributed by atoms with E-state index in [1.165, 1.54) is 6.07 Å². The zero-order valence-electron chi connectivity index (χ0n) is 11.7. The van der Waals surface area contributed by atoms with Gasteiger partial charge in [-0.25, -0.2) is 8.42 Å². The first-order valence-electron chi connectivity index (χ1n) is 6.15. The van der Waals surface area contributed by atoms with Gasteiger partial charge in [-0.3, -0.25) is 4.79 Å². The van der Waals surface area contributed by atoms with Gasteiger partial charge in [-0.1, -0.05) is 0 Å². The standard InChI is InChI=1S/C13H18ClNO4S/c1-9-10(2)12(20(14,17)18)7-6-11(9)19-8-4-5-13(16)15-3/h6-7H,4-5,8H2,1-3H3,(H,15,16). The van der Waals surface area contributed by atoms with Gasteiger partial charge in [-0.05, 0) is 43.5 Å². The second-order valence-corrected chi connectivity index (χ2v) is 6.91. The van der Waals surface area contributed by atoms with Gasteiger partial charge in [0.15, 0.2) is 0 Å². The molecule has 0 unspecified atom stereocenters. The Balaban J connectivity index is 2.74. The molecule has 0 fully saturated rings. The zero-order chi connectivity index (χ0) is 15.3. The van der Waals surface area contributed by atoms with Gasteiger partial charge >= 0.3 is 0 Å². The molecule has 0 saturated heterocycles. The van der Waals surface area contributed by atoms with E-state index in [0.29, 0.717) is 30.8 Å². The van der Waals surface area contributed by atoms with Crippen LogP contribution in [0.25, 0.3) is 0 Å². The molecule has 0 atom stereocenters. The highest BCUT2D eigenvalue weighted by atomic mass is 35.7.